The zero-order chi connectivity index (χ0) is 15.2. The van der Waals surface area contributed by atoms with E-state index in [1.807, 2.05) is 5.92 Å². The van der Waals surface area contributed by atoms with Gasteiger partial charge in [-0.3, -0.25) is 0 Å². The van der Waals surface area contributed by atoms with Crippen LogP contribution in [0.25, 0.3) is 0 Å². The van der Waals surface area contributed by atoms with Crippen molar-refractivity contribution in [1.29, 1.82) is 0 Å². The first kappa shape index (κ1) is 20.6. The number of hydrogen-bond donors (Lipinski definition) is 0. The van der Waals surface area contributed by atoms with E-state index in [0.29, 0.717) is 12.2 Å². The minimum absolute atomic E-state index is 0. The second-order valence-electron chi connectivity index (χ2n) is 3.93. The van der Waals surface area contributed by atoms with Crippen LogP contribution in [0.15, 0.2) is 22.8 Å². The first-order valence-corrected chi connectivity index (χ1v) is 6.51. The molecule has 1 rings (SSSR count). The normalized spacial score (nSPS) is 7.45. The molecule has 1 aromatic heterocycles. The minimum atomic E-state index is -1.40. The molecule has 0 spiro atoms. The fourth-order valence-corrected chi connectivity index (χ4v) is 1.34. The molecule has 0 saturated heterocycles. The Balaban J connectivity index is 0.00000441. The van der Waals surface area contributed by atoms with Crippen molar-refractivity contribution in [3.05, 3.63) is 24.2 Å². The Morgan fingerprint density at radius 2 is 1.73 bits per heavy atom. The van der Waals surface area contributed by atoms with Gasteiger partial charge < -0.3 is 14.3 Å². The standard InChI is InChI=1S/C18H14O3.K/c19-18(20)15-11-9-7-5-3-1-2-4-6-8-10-13-17-14-12-16-21-17;/h12,14,16H,1-5H2,(H,19,20);/q;+1/p-1. The molecular formula is C18H13KO3. The van der Waals surface area contributed by atoms with Gasteiger partial charge in [0.25, 0.3) is 0 Å². The topological polar surface area (TPSA) is 53.3 Å². The van der Waals surface area contributed by atoms with Crippen molar-refractivity contribution in [1.82, 2.24) is 0 Å². The SMILES string of the molecule is O=C([O-])C#CC#CCCCCCC#CC#Cc1ccco1.[K+]. The van der Waals surface area contributed by atoms with Gasteiger partial charge in [0.05, 0.1) is 6.26 Å². The van der Waals surface area contributed by atoms with E-state index in [1.54, 1.807) is 18.4 Å². The van der Waals surface area contributed by atoms with E-state index in [0.717, 1.165) is 25.7 Å². The summed E-state index contributed by atoms with van der Waals surface area (Å²) in [5, 5.41) is 9.97. The van der Waals surface area contributed by atoms with Crippen molar-refractivity contribution in [3.63, 3.8) is 0 Å². The van der Waals surface area contributed by atoms with Crippen LogP contribution < -0.4 is 56.5 Å². The predicted molar refractivity (Wildman–Crippen MR) is 77.0 cm³/mol. The molecule has 0 aromatic carbocycles. The molecule has 0 radical (unpaired) electrons. The average molecular weight is 316 g/mol. The molecule has 4 heteroatoms. The van der Waals surface area contributed by atoms with Crippen LogP contribution in [0, 0.1) is 47.4 Å². The molecule has 1 aromatic rings. The van der Waals surface area contributed by atoms with E-state index in [4.69, 9.17) is 4.42 Å². The first-order valence-electron chi connectivity index (χ1n) is 6.51. The van der Waals surface area contributed by atoms with Crippen LogP contribution in [0.2, 0.25) is 0 Å². The maximum absolute atomic E-state index is 9.97. The van der Waals surface area contributed by atoms with Gasteiger partial charge in [-0.2, -0.15) is 0 Å². The predicted octanol–water partition coefficient (Wildman–Crippen LogP) is -1.65. The summed E-state index contributed by atoms with van der Waals surface area (Å²) < 4.78 is 5.05. The molecule has 104 valence electrons. The number of carboxylic acid groups (broad SMARTS) is 1. The molecule has 3 nitrogen and oxygen atoms in total. The maximum Gasteiger partial charge on any atom is 1.00 e. The summed E-state index contributed by atoms with van der Waals surface area (Å²) in [7, 11) is 0. The van der Waals surface area contributed by atoms with Gasteiger partial charge in [0.2, 0.25) is 0 Å². The molecule has 0 fully saturated rings. The van der Waals surface area contributed by atoms with Crippen molar-refractivity contribution in [2.45, 2.75) is 32.1 Å². The molecule has 0 amide bonds. The van der Waals surface area contributed by atoms with E-state index in [2.05, 4.69) is 41.4 Å². The molecule has 0 aliphatic heterocycles. The third-order valence-corrected chi connectivity index (χ3v) is 2.28. The number of furan rings is 1. The molecule has 0 aliphatic carbocycles. The van der Waals surface area contributed by atoms with Crippen molar-refractivity contribution in [3.8, 4) is 47.4 Å². The molecule has 0 atom stereocenters. The molecule has 1 heterocycles. The molecule has 22 heavy (non-hydrogen) atoms. The molecule has 0 bridgehead atoms. The number of hydrogen-bond acceptors (Lipinski definition) is 3. The van der Waals surface area contributed by atoms with Gasteiger partial charge in [-0.25, -0.2) is 0 Å². The second kappa shape index (κ2) is 14.6. The van der Waals surface area contributed by atoms with Gasteiger partial charge in [0.15, 0.2) is 5.76 Å². The maximum atomic E-state index is 9.97. The Hall–Kier alpha value is -1.37. The van der Waals surface area contributed by atoms with Crippen LogP contribution in [0.4, 0.5) is 0 Å². The van der Waals surface area contributed by atoms with Gasteiger partial charge in [0.1, 0.15) is 5.97 Å². The fraction of sp³-hybridized carbons (Fsp3) is 0.278. The summed E-state index contributed by atoms with van der Waals surface area (Å²) in [5.74, 6) is 19.8. The molecule has 0 saturated carbocycles. The molecular weight excluding hydrogens is 303 g/mol. The van der Waals surface area contributed by atoms with Crippen LogP contribution >= 0.6 is 0 Å². The summed E-state index contributed by atoms with van der Waals surface area (Å²) in [4.78, 5) is 9.97. The third kappa shape index (κ3) is 12.4. The minimum Gasteiger partial charge on any atom is -0.537 e. The van der Waals surface area contributed by atoms with E-state index in [-0.39, 0.29) is 51.4 Å². The largest absolute Gasteiger partial charge is 1.00 e. The second-order valence-corrected chi connectivity index (χ2v) is 3.93. The van der Waals surface area contributed by atoms with Crippen molar-refractivity contribution >= 4 is 5.97 Å². The zero-order valence-corrected chi connectivity index (χ0v) is 15.6. The molecule has 0 aliphatic rings. The average Bonchev–Trinajstić information content (AvgIpc) is 2.97. The van der Waals surface area contributed by atoms with Gasteiger partial charge in [-0.05, 0) is 60.5 Å². The number of carboxylic acids is 1. The first-order chi connectivity index (χ1) is 10.3. The number of rotatable bonds is 4. The van der Waals surface area contributed by atoms with E-state index in [1.165, 1.54) is 0 Å². The summed E-state index contributed by atoms with van der Waals surface area (Å²) in [6.45, 7) is 0. The molecule has 0 N–H and O–H groups in total. The van der Waals surface area contributed by atoms with Crippen LogP contribution in [0.1, 0.15) is 37.9 Å². The number of unbranched alkanes of at least 4 members (excludes halogenated alkanes) is 4. The third-order valence-electron chi connectivity index (χ3n) is 2.28. The van der Waals surface area contributed by atoms with Gasteiger partial charge in [-0.1, -0.05) is 18.3 Å². The summed E-state index contributed by atoms with van der Waals surface area (Å²) in [6, 6.07) is 3.57. The van der Waals surface area contributed by atoms with Gasteiger partial charge in [0, 0.05) is 12.8 Å². The summed E-state index contributed by atoms with van der Waals surface area (Å²) in [6.07, 6.45) is 6.02. The van der Waals surface area contributed by atoms with Crippen LogP contribution in [0.5, 0.6) is 0 Å². The number of carbonyl (C=O) groups is 1. The Kier molecular flexibility index (Phi) is 13.6. The van der Waals surface area contributed by atoms with Gasteiger partial charge >= 0.3 is 51.4 Å². The Bertz CT molecular complexity index is 686. The van der Waals surface area contributed by atoms with Crippen LogP contribution in [0.3, 0.4) is 0 Å². The quantitative estimate of drug-likeness (QED) is 0.380. The van der Waals surface area contributed by atoms with Crippen molar-refractivity contribution in [2.75, 3.05) is 0 Å². The Labute approximate surface area is 173 Å². The zero-order valence-electron chi connectivity index (χ0n) is 12.5. The number of aliphatic carboxylic acids is 1. The van der Waals surface area contributed by atoms with Crippen LogP contribution in [-0.4, -0.2) is 5.97 Å². The van der Waals surface area contributed by atoms with Gasteiger partial charge in [-0.15, -0.1) is 0 Å². The van der Waals surface area contributed by atoms with Crippen LogP contribution in [-0.2, 0) is 4.79 Å². The monoisotopic (exact) mass is 316 g/mol. The summed E-state index contributed by atoms with van der Waals surface area (Å²) >= 11 is 0. The fourth-order valence-electron chi connectivity index (χ4n) is 1.34. The van der Waals surface area contributed by atoms with E-state index < -0.39 is 5.97 Å². The molecule has 0 unspecified atom stereocenters. The van der Waals surface area contributed by atoms with E-state index in [9.17, 15) is 9.90 Å². The Morgan fingerprint density at radius 3 is 2.32 bits per heavy atom. The van der Waals surface area contributed by atoms with Crippen molar-refractivity contribution in [2.24, 2.45) is 0 Å². The van der Waals surface area contributed by atoms with E-state index >= 15 is 0 Å². The van der Waals surface area contributed by atoms with Crippen molar-refractivity contribution < 1.29 is 65.7 Å². The number of carbonyl (C=O) groups excluding carboxylic acids is 1. The Morgan fingerprint density at radius 1 is 1.05 bits per heavy atom. The summed E-state index contributed by atoms with van der Waals surface area (Å²) in [5.41, 5.74) is 0. The smallest absolute Gasteiger partial charge is 0.537 e.